The number of allylic oxidation sites excluding steroid dienone is 2. The summed E-state index contributed by atoms with van der Waals surface area (Å²) in [5, 5.41) is 7.87. The standard InChI is InChI=1S/C5H6FN/c1-5(4-6)2-3-7/h2H,4H2,1H3/b5-2-. The third kappa shape index (κ3) is 2.98. The van der Waals surface area contributed by atoms with Crippen LogP contribution < -0.4 is 0 Å². The van der Waals surface area contributed by atoms with Crippen molar-refractivity contribution < 1.29 is 4.39 Å². The Kier molecular flexibility index (Phi) is 2.95. The molecular formula is C5H6FN. The molecule has 0 aromatic rings. The molecule has 0 saturated carbocycles. The van der Waals surface area contributed by atoms with Crippen LogP contribution in [-0.2, 0) is 0 Å². The van der Waals surface area contributed by atoms with Crippen LogP contribution in [0.25, 0.3) is 0 Å². The zero-order chi connectivity index (χ0) is 5.70. The summed E-state index contributed by atoms with van der Waals surface area (Å²) in [6.45, 7) is 1.05. The van der Waals surface area contributed by atoms with Gasteiger partial charge in [-0.05, 0) is 12.5 Å². The number of nitrogens with zero attached hydrogens (tertiary/aromatic N) is 1. The van der Waals surface area contributed by atoms with Gasteiger partial charge in [-0.25, -0.2) is 4.39 Å². The summed E-state index contributed by atoms with van der Waals surface area (Å²) in [6.07, 6.45) is 1.19. The van der Waals surface area contributed by atoms with E-state index in [1.54, 1.807) is 13.0 Å². The molecule has 2 heteroatoms. The minimum atomic E-state index is -0.520. The molecule has 0 aliphatic carbocycles. The van der Waals surface area contributed by atoms with E-state index < -0.39 is 6.67 Å². The van der Waals surface area contributed by atoms with E-state index >= 15 is 0 Å². The van der Waals surface area contributed by atoms with Gasteiger partial charge < -0.3 is 0 Å². The lowest BCUT2D eigenvalue weighted by Gasteiger charge is -1.80. The van der Waals surface area contributed by atoms with Crippen LogP contribution in [0.4, 0.5) is 4.39 Å². The summed E-state index contributed by atoms with van der Waals surface area (Å²) in [7, 11) is 0. The molecule has 0 aliphatic rings. The van der Waals surface area contributed by atoms with Crippen molar-refractivity contribution in [3.05, 3.63) is 11.6 Å². The average molecular weight is 99.1 g/mol. The highest BCUT2D eigenvalue weighted by molar-refractivity contribution is 5.10. The van der Waals surface area contributed by atoms with E-state index in [0.29, 0.717) is 5.57 Å². The second-order valence-corrected chi connectivity index (χ2v) is 1.25. The molecule has 0 atom stereocenters. The van der Waals surface area contributed by atoms with Crippen molar-refractivity contribution in [1.29, 1.82) is 5.26 Å². The fourth-order valence-corrected chi connectivity index (χ4v) is 0.149. The van der Waals surface area contributed by atoms with Crippen LogP contribution in [0.5, 0.6) is 0 Å². The maximum absolute atomic E-state index is 11.4. The number of rotatable bonds is 1. The summed E-state index contributed by atoms with van der Waals surface area (Å²) in [5.74, 6) is 0. The second kappa shape index (κ2) is 3.35. The Morgan fingerprint density at radius 2 is 2.57 bits per heavy atom. The lowest BCUT2D eigenvalue weighted by molar-refractivity contribution is 0.543. The van der Waals surface area contributed by atoms with E-state index in [0.717, 1.165) is 0 Å². The van der Waals surface area contributed by atoms with Crippen LogP contribution in [0.15, 0.2) is 11.6 Å². The van der Waals surface area contributed by atoms with Crippen molar-refractivity contribution in [2.45, 2.75) is 6.92 Å². The molecule has 0 bridgehead atoms. The van der Waals surface area contributed by atoms with Gasteiger partial charge in [-0.2, -0.15) is 5.26 Å². The van der Waals surface area contributed by atoms with E-state index in [4.69, 9.17) is 5.26 Å². The van der Waals surface area contributed by atoms with Crippen molar-refractivity contribution in [3.63, 3.8) is 0 Å². The van der Waals surface area contributed by atoms with Crippen LogP contribution in [0.2, 0.25) is 0 Å². The van der Waals surface area contributed by atoms with Gasteiger partial charge in [0.05, 0.1) is 6.07 Å². The summed E-state index contributed by atoms with van der Waals surface area (Å²) in [4.78, 5) is 0. The molecule has 0 N–H and O–H groups in total. The fraction of sp³-hybridized carbons (Fsp3) is 0.400. The number of alkyl halides is 1. The predicted octanol–water partition coefficient (Wildman–Crippen LogP) is 1.43. The van der Waals surface area contributed by atoms with Crippen molar-refractivity contribution >= 4 is 0 Å². The number of nitriles is 1. The first kappa shape index (κ1) is 6.16. The number of hydrogen-bond donors (Lipinski definition) is 0. The lowest BCUT2D eigenvalue weighted by Crippen LogP contribution is -1.73. The lowest BCUT2D eigenvalue weighted by atomic mass is 10.3. The Morgan fingerprint density at radius 1 is 2.00 bits per heavy atom. The highest BCUT2D eigenvalue weighted by Crippen LogP contribution is 1.89. The minimum absolute atomic E-state index is 0.475. The van der Waals surface area contributed by atoms with Gasteiger partial charge in [0.2, 0.25) is 0 Å². The molecule has 0 rings (SSSR count). The van der Waals surface area contributed by atoms with Gasteiger partial charge in [-0.1, -0.05) is 0 Å². The van der Waals surface area contributed by atoms with Gasteiger partial charge in [0.25, 0.3) is 0 Å². The molecule has 0 heterocycles. The predicted molar refractivity (Wildman–Crippen MR) is 25.3 cm³/mol. The summed E-state index contributed by atoms with van der Waals surface area (Å²) in [5.41, 5.74) is 0.475. The smallest absolute Gasteiger partial charge is 0.111 e. The third-order valence-electron chi connectivity index (χ3n) is 0.522. The molecule has 0 spiro atoms. The van der Waals surface area contributed by atoms with Gasteiger partial charge in [-0.3, -0.25) is 0 Å². The molecule has 0 amide bonds. The molecule has 0 saturated heterocycles. The third-order valence-corrected chi connectivity index (χ3v) is 0.522. The molecule has 7 heavy (non-hydrogen) atoms. The van der Waals surface area contributed by atoms with Crippen molar-refractivity contribution in [2.75, 3.05) is 6.67 Å². The molecule has 0 unspecified atom stereocenters. The van der Waals surface area contributed by atoms with E-state index in [-0.39, 0.29) is 0 Å². The van der Waals surface area contributed by atoms with Crippen molar-refractivity contribution in [2.24, 2.45) is 0 Å². The molecule has 0 aromatic carbocycles. The fourth-order valence-electron chi connectivity index (χ4n) is 0.149. The SMILES string of the molecule is C/C(=C/C#N)CF. The highest BCUT2D eigenvalue weighted by atomic mass is 19.1. The van der Waals surface area contributed by atoms with E-state index in [9.17, 15) is 4.39 Å². The van der Waals surface area contributed by atoms with Crippen LogP contribution in [0, 0.1) is 11.3 Å². The molecular weight excluding hydrogens is 93.1 g/mol. The number of hydrogen-bond acceptors (Lipinski definition) is 1. The average Bonchev–Trinajstić information content (AvgIpc) is 1.68. The first-order chi connectivity index (χ1) is 3.31. The van der Waals surface area contributed by atoms with E-state index in [1.807, 2.05) is 0 Å². The maximum atomic E-state index is 11.4. The Hall–Kier alpha value is -0.840. The van der Waals surface area contributed by atoms with Gasteiger partial charge in [0.1, 0.15) is 6.67 Å². The molecule has 0 radical (unpaired) electrons. The summed E-state index contributed by atoms with van der Waals surface area (Å²) >= 11 is 0. The zero-order valence-corrected chi connectivity index (χ0v) is 4.11. The Balaban J connectivity index is 3.56. The molecule has 1 nitrogen and oxygen atoms in total. The summed E-state index contributed by atoms with van der Waals surface area (Å²) in [6, 6.07) is 1.72. The van der Waals surface area contributed by atoms with Gasteiger partial charge in [-0.15, -0.1) is 0 Å². The Morgan fingerprint density at radius 3 is 2.71 bits per heavy atom. The Labute approximate surface area is 42.1 Å². The first-order valence-corrected chi connectivity index (χ1v) is 1.92. The monoisotopic (exact) mass is 99.0 g/mol. The van der Waals surface area contributed by atoms with Crippen LogP contribution >= 0.6 is 0 Å². The topological polar surface area (TPSA) is 23.8 Å². The maximum Gasteiger partial charge on any atom is 0.111 e. The first-order valence-electron chi connectivity index (χ1n) is 1.92. The van der Waals surface area contributed by atoms with Crippen LogP contribution in [-0.4, -0.2) is 6.67 Å². The van der Waals surface area contributed by atoms with Crippen molar-refractivity contribution in [3.8, 4) is 6.07 Å². The van der Waals surface area contributed by atoms with Crippen LogP contribution in [0.3, 0.4) is 0 Å². The van der Waals surface area contributed by atoms with Gasteiger partial charge in [0, 0.05) is 6.08 Å². The van der Waals surface area contributed by atoms with E-state index in [1.165, 1.54) is 6.08 Å². The van der Waals surface area contributed by atoms with E-state index in [2.05, 4.69) is 0 Å². The highest BCUT2D eigenvalue weighted by Gasteiger charge is 1.80. The molecule has 0 aromatic heterocycles. The normalized spacial score (nSPS) is 10.7. The second-order valence-electron chi connectivity index (χ2n) is 1.25. The zero-order valence-electron chi connectivity index (χ0n) is 4.11. The van der Waals surface area contributed by atoms with Crippen molar-refractivity contribution in [1.82, 2.24) is 0 Å². The summed E-state index contributed by atoms with van der Waals surface area (Å²) < 4.78 is 11.4. The Bertz CT molecular complexity index is 110. The van der Waals surface area contributed by atoms with Gasteiger partial charge >= 0.3 is 0 Å². The van der Waals surface area contributed by atoms with Crippen LogP contribution in [0.1, 0.15) is 6.92 Å². The largest absolute Gasteiger partial charge is 0.246 e. The number of halogens is 1. The molecule has 0 fully saturated rings. The molecule has 0 aliphatic heterocycles. The minimum Gasteiger partial charge on any atom is -0.246 e. The quantitative estimate of drug-likeness (QED) is 0.456. The van der Waals surface area contributed by atoms with Gasteiger partial charge in [0.15, 0.2) is 0 Å². The molecule has 38 valence electrons.